The number of nitrogens with zero attached hydrogens (tertiary/aromatic N) is 1. The van der Waals surface area contributed by atoms with Gasteiger partial charge in [0.15, 0.2) is 9.84 Å². The molecule has 2 aromatic rings. The smallest absolute Gasteiger partial charge is 0.221 e. The number of ether oxygens (including phenoxy) is 1. The minimum Gasteiger partial charge on any atom is -0.465 e. The van der Waals surface area contributed by atoms with Crippen molar-refractivity contribution in [3.8, 4) is 0 Å². The number of hydrogen-bond acceptors (Lipinski definition) is 6. The van der Waals surface area contributed by atoms with Crippen LogP contribution in [0.2, 0.25) is 0 Å². The number of morpholine rings is 1. The highest BCUT2D eigenvalue weighted by Gasteiger charge is 2.26. The molecule has 1 unspecified atom stereocenters. The fourth-order valence-electron chi connectivity index (χ4n) is 3.32. The number of amides is 1. The van der Waals surface area contributed by atoms with Crippen molar-refractivity contribution >= 4 is 15.7 Å². The van der Waals surface area contributed by atoms with Crippen LogP contribution in [0.4, 0.5) is 0 Å². The van der Waals surface area contributed by atoms with Crippen LogP contribution < -0.4 is 5.32 Å². The van der Waals surface area contributed by atoms with E-state index in [1.807, 2.05) is 26.0 Å². The molecule has 2 heterocycles. The summed E-state index contributed by atoms with van der Waals surface area (Å²) in [5.74, 6) is 1.09. The second kappa shape index (κ2) is 9.56. The Morgan fingerprint density at radius 2 is 1.79 bits per heavy atom. The molecular weight excluding hydrogens is 392 g/mol. The van der Waals surface area contributed by atoms with E-state index in [1.54, 1.807) is 24.3 Å². The molecule has 1 N–H and O–H groups in total. The maximum Gasteiger partial charge on any atom is 0.221 e. The highest BCUT2D eigenvalue weighted by atomic mass is 32.2. The molecule has 1 aliphatic rings. The molecule has 0 radical (unpaired) electrons. The number of benzene rings is 1. The van der Waals surface area contributed by atoms with Crippen molar-refractivity contribution in [2.24, 2.45) is 0 Å². The van der Waals surface area contributed by atoms with Crippen molar-refractivity contribution in [3.05, 3.63) is 53.5 Å². The lowest BCUT2D eigenvalue weighted by Gasteiger charge is -2.33. The monoisotopic (exact) mass is 420 g/mol. The summed E-state index contributed by atoms with van der Waals surface area (Å²) in [5, 5.41) is 2.88. The van der Waals surface area contributed by atoms with Gasteiger partial charge in [-0.3, -0.25) is 9.69 Å². The first kappa shape index (κ1) is 21.5. The Kier molecular flexibility index (Phi) is 7.10. The second-order valence-electron chi connectivity index (χ2n) is 7.30. The summed E-state index contributed by atoms with van der Waals surface area (Å²) in [6.07, 6.45) is -0.0801. The number of sulfone groups is 1. The molecule has 29 heavy (non-hydrogen) atoms. The van der Waals surface area contributed by atoms with Gasteiger partial charge < -0.3 is 14.5 Å². The fourth-order valence-corrected chi connectivity index (χ4v) is 4.56. The van der Waals surface area contributed by atoms with Crippen LogP contribution in [0.1, 0.15) is 29.5 Å². The lowest BCUT2D eigenvalue weighted by atomic mass is 10.1. The summed E-state index contributed by atoms with van der Waals surface area (Å²) >= 11 is 0. The minimum absolute atomic E-state index is 0.0801. The molecule has 1 atom stereocenters. The van der Waals surface area contributed by atoms with Crippen LogP contribution in [-0.4, -0.2) is 57.8 Å². The van der Waals surface area contributed by atoms with Crippen LogP contribution in [0.25, 0.3) is 0 Å². The summed E-state index contributed by atoms with van der Waals surface area (Å²) in [6, 6.07) is 10.4. The van der Waals surface area contributed by atoms with Crippen LogP contribution in [-0.2, 0) is 19.4 Å². The normalized spacial score (nSPS) is 16.5. The third-order valence-electron chi connectivity index (χ3n) is 5.05. The van der Waals surface area contributed by atoms with Gasteiger partial charge in [0.1, 0.15) is 11.5 Å². The Morgan fingerprint density at radius 1 is 1.10 bits per heavy atom. The van der Waals surface area contributed by atoms with Gasteiger partial charge in [-0.1, -0.05) is 17.7 Å². The van der Waals surface area contributed by atoms with Crippen molar-refractivity contribution in [2.75, 3.05) is 38.6 Å². The zero-order valence-electron chi connectivity index (χ0n) is 16.9. The molecule has 158 valence electrons. The van der Waals surface area contributed by atoms with Gasteiger partial charge in [0, 0.05) is 26.1 Å². The van der Waals surface area contributed by atoms with E-state index in [0.29, 0.717) is 19.8 Å². The molecule has 0 saturated carbocycles. The van der Waals surface area contributed by atoms with Gasteiger partial charge in [-0.15, -0.1) is 0 Å². The summed E-state index contributed by atoms with van der Waals surface area (Å²) < 4.78 is 36.1. The highest BCUT2D eigenvalue weighted by Crippen LogP contribution is 2.23. The Morgan fingerprint density at radius 3 is 2.41 bits per heavy atom. The summed E-state index contributed by atoms with van der Waals surface area (Å²) in [6.45, 7) is 6.92. The minimum atomic E-state index is -3.49. The van der Waals surface area contributed by atoms with Gasteiger partial charge in [0.2, 0.25) is 5.91 Å². The molecular formula is C21H28N2O5S. The number of nitrogens with one attached hydrogen (secondary N) is 1. The average Bonchev–Trinajstić information content (AvgIpc) is 3.14. The van der Waals surface area contributed by atoms with E-state index in [0.717, 1.165) is 30.2 Å². The van der Waals surface area contributed by atoms with Crippen molar-refractivity contribution in [2.45, 2.75) is 31.2 Å². The molecule has 1 aromatic carbocycles. The number of carbonyl (C=O) groups excluding carboxylic acids is 1. The van der Waals surface area contributed by atoms with Gasteiger partial charge in [-0.05, 0) is 38.1 Å². The van der Waals surface area contributed by atoms with Gasteiger partial charge in [0.25, 0.3) is 0 Å². The topological polar surface area (TPSA) is 88.8 Å². The highest BCUT2D eigenvalue weighted by molar-refractivity contribution is 7.91. The van der Waals surface area contributed by atoms with E-state index in [-0.39, 0.29) is 29.0 Å². The lowest BCUT2D eigenvalue weighted by molar-refractivity contribution is -0.121. The second-order valence-corrected chi connectivity index (χ2v) is 9.41. The van der Waals surface area contributed by atoms with Crippen LogP contribution in [0, 0.1) is 13.8 Å². The first-order valence-corrected chi connectivity index (χ1v) is 11.4. The van der Waals surface area contributed by atoms with Gasteiger partial charge in [-0.25, -0.2) is 8.42 Å². The van der Waals surface area contributed by atoms with E-state index < -0.39 is 9.84 Å². The van der Waals surface area contributed by atoms with Gasteiger partial charge in [0.05, 0.1) is 29.9 Å². The largest absolute Gasteiger partial charge is 0.465 e. The molecule has 1 fully saturated rings. The molecule has 1 aliphatic heterocycles. The van der Waals surface area contributed by atoms with Crippen molar-refractivity contribution in [3.63, 3.8) is 0 Å². The Balaban J connectivity index is 1.57. The lowest BCUT2D eigenvalue weighted by Crippen LogP contribution is -2.43. The quantitative estimate of drug-likeness (QED) is 0.705. The summed E-state index contributed by atoms with van der Waals surface area (Å²) in [5.41, 5.74) is 0.990. The predicted molar refractivity (Wildman–Crippen MR) is 109 cm³/mol. The number of aryl methyl sites for hydroxylation is 2. The Labute approximate surface area is 172 Å². The van der Waals surface area contributed by atoms with Crippen LogP contribution in [0.15, 0.2) is 45.7 Å². The summed E-state index contributed by atoms with van der Waals surface area (Å²) in [7, 11) is -3.49. The molecule has 1 amide bonds. The van der Waals surface area contributed by atoms with E-state index in [9.17, 15) is 13.2 Å². The number of furan rings is 1. The first-order valence-electron chi connectivity index (χ1n) is 9.79. The molecule has 0 spiro atoms. The van der Waals surface area contributed by atoms with Gasteiger partial charge in [-0.2, -0.15) is 0 Å². The van der Waals surface area contributed by atoms with Crippen molar-refractivity contribution < 1.29 is 22.4 Å². The molecule has 8 heteroatoms. The Bertz CT molecular complexity index is 915. The SMILES string of the molecule is Cc1ccc(S(=O)(=O)CCC(=O)NCC(c2ccc(C)o2)N2CCOCC2)cc1. The standard InChI is InChI=1S/C21H28N2O5S/c1-16-3-6-18(7-4-16)29(25,26)14-9-21(24)22-15-19(20-8-5-17(2)28-20)23-10-12-27-13-11-23/h3-8,19H,9-15H2,1-2H3,(H,22,24). The molecule has 7 nitrogen and oxygen atoms in total. The molecule has 1 saturated heterocycles. The maximum absolute atomic E-state index is 12.4. The van der Waals surface area contributed by atoms with E-state index in [1.165, 1.54) is 0 Å². The summed E-state index contributed by atoms with van der Waals surface area (Å²) in [4.78, 5) is 14.8. The zero-order chi connectivity index (χ0) is 20.9. The van der Waals surface area contributed by atoms with Crippen molar-refractivity contribution in [1.29, 1.82) is 0 Å². The Hall–Kier alpha value is -2.16. The molecule has 1 aromatic heterocycles. The molecule has 3 rings (SSSR count). The van der Waals surface area contributed by atoms with E-state index in [2.05, 4.69) is 10.2 Å². The maximum atomic E-state index is 12.4. The predicted octanol–water partition coefficient (Wildman–Crippen LogP) is 2.25. The molecule has 0 bridgehead atoms. The zero-order valence-corrected chi connectivity index (χ0v) is 17.7. The van der Waals surface area contributed by atoms with Crippen LogP contribution in [0.5, 0.6) is 0 Å². The fraction of sp³-hybridized carbons (Fsp3) is 0.476. The number of carbonyl (C=O) groups is 1. The van der Waals surface area contributed by atoms with Crippen LogP contribution >= 0.6 is 0 Å². The number of rotatable bonds is 8. The third-order valence-corrected chi connectivity index (χ3v) is 6.78. The number of hydrogen-bond donors (Lipinski definition) is 1. The van der Waals surface area contributed by atoms with E-state index in [4.69, 9.17) is 9.15 Å². The third kappa shape index (κ3) is 5.91. The van der Waals surface area contributed by atoms with Crippen molar-refractivity contribution in [1.82, 2.24) is 10.2 Å². The average molecular weight is 421 g/mol. The van der Waals surface area contributed by atoms with E-state index >= 15 is 0 Å². The van der Waals surface area contributed by atoms with Gasteiger partial charge >= 0.3 is 0 Å². The van der Waals surface area contributed by atoms with Crippen LogP contribution in [0.3, 0.4) is 0 Å². The first-order chi connectivity index (χ1) is 13.8. The molecule has 0 aliphatic carbocycles.